The Hall–Kier alpha value is -3.59. The van der Waals surface area contributed by atoms with Crippen LogP contribution in [0, 0.1) is 0 Å². The minimum atomic E-state index is -3.40. The van der Waals surface area contributed by atoms with Crippen LogP contribution >= 0.6 is 0 Å². The molecule has 166 valence electrons. The van der Waals surface area contributed by atoms with Crippen molar-refractivity contribution in [2.45, 2.75) is 19.3 Å². The number of nitrogens with one attached hydrogen (secondary N) is 3. The molecule has 1 amide bonds. The molecule has 9 heteroatoms. The molecule has 4 rings (SSSR count). The average Bonchev–Trinajstić information content (AvgIpc) is 3.02. The third-order valence-corrected chi connectivity index (χ3v) is 5.82. The molecule has 2 heterocycles. The topological polar surface area (TPSA) is 117 Å². The number of anilines is 2. The first-order valence-corrected chi connectivity index (χ1v) is 11.8. The highest BCUT2D eigenvalue weighted by Crippen LogP contribution is 2.45. The Labute approximate surface area is 185 Å². The molecule has 0 aliphatic carbocycles. The molecule has 8 nitrogen and oxygen atoms in total. The molecule has 0 saturated carbocycles. The van der Waals surface area contributed by atoms with Gasteiger partial charge in [0, 0.05) is 39.7 Å². The van der Waals surface area contributed by atoms with Crippen molar-refractivity contribution in [1.29, 1.82) is 0 Å². The van der Waals surface area contributed by atoms with Gasteiger partial charge in [-0.05, 0) is 48.5 Å². The van der Waals surface area contributed by atoms with Crippen molar-refractivity contribution in [3.05, 3.63) is 76.2 Å². The van der Waals surface area contributed by atoms with E-state index in [1.54, 1.807) is 24.4 Å². The average molecular weight is 454 g/mol. The fourth-order valence-corrected chi connectivity index (χ4v) is 4.19. The first-order valence-electron chi connectivity index (χ1n) is 9.92. The van der Waals surface area contributed by atoms with Crippen molar-refractivity contribution >= 4 is 27.3 Å². The second kappa shape index (κ2) is 7.83. The Morgan fingerprint density at radius 2 is 1.78 bits per heavy atom. The second-order valence-electron chi connectivity index (χ2n) is 8.39. The number of ether oxygens (including phenoxy) is 1. The van der Waals surface area contributed by atoms with Crippen LogP contribution in [-0.2, 0) is 15.4 Å². The van der Waals surface area contributed by atoms with Gasteiger partial charge in [0.1, 0.15) is 5.75 Å². The Morgan fingerprint density at radius 1 is 1.06 bits per heavy atom. The highest BCUT2D eigenvalue weighted by molar-refractivity contribution is 7.92. The molecule has 0 atom stereocenters. The molecule has 1 aliphatic rings. The van der Waals surface area contributed by atoms with E-state index < -0.39 is 10.0 Å². The summed E-state index contributed by atoms with van der Waals surface area (Å²) < 4.78 is 31.0. The lowest BCUT2D eigenvalue weighted by atomic mass is 9.85. The number of aromatic nitrogens is 1. The molecule has 0 radical (unpaired) electrons. The van der Waals surface area contributed by atoms with Crippen LogP contribution in [0.25, 0.3) is 11.1 Å². The van der Waals surface area contributed by atoms with Gasteiger partial charge in [0.15, 0.2) is 0 Å². The van der Waals surface area contributed by atoms with E-state index in [-0.39, 0.29) is 16.9 Å². The van der Waals surface area contributed by atoms with E-state index in [0.717, 1.165) is 11.8 Å². The highest BCUT2D eigenvalue weighted by Gasteiger charge is 2.35. The molecular weight excluding hydrogens is 430 g/mol. The van der Waals surface area contributed by atoms with Crippen LogP contribution in [0.15, 0.2) is 59.5 Å². The van der Waals surface area contributed by atoms with Crippen LogP contribution in [0.3, 0.4) is 0 Å². The van der Waals surface area contributed by atoms with E-state index >= 15 is 0 Å². The maximum atomic E-state index is 12.8. The summed E-state index contributed by atoms with van der Waals surface area (Å²) >= 11 is 0. The summed E-state index contributed by atoms with van der Waals surface area (Å²) in [5, 5.41) is 2.88. The third-order valence-electron chi connectivity index (χ3n) is 5.21. The second-order valence-corrected chi connectivity index (χ2v) is 10.1. The molecule has 32 heavy (non-hydrogen) atoms. The Morgan fingerprint density at radius 3 is 2.44 bits per heavy atom. The van der Waals surface area contributed by atoms with Crippen LogP contribution in [0.2, 0.25) is 0 Å². The summed E-state index contributed by atoms with van der Waals surface area (Å²) in [6.45, 7) is 4.54. The molecular formula is C23H23N3O5S. The van der Waals surface area contributed by atoms with E-state index in [4.69, 9.17) is 4.74 Å². The molecule has 0 fully saturated rings. The van der Waals surface area contributed by atoms with Crippen molar-refractivity contribution in [1.82, 2.24) is 4.98 Å². The molecule has 0 spiro atoms. The molecule has 3 aromatic rings. The lowest BCUT2D eigenvalue weighted by Crippen LogP contribution is -2.19. The normalized spacial score (nSPS) is 14.3. The largest absolute Gasteiger partial charge is 0.492 e. The molecule has 0 bridgehead atoms. The van der Waals surface area contributed by atoms with Gasteiger partial charge in [-0.1, -0.05) is 13.8 Å². The SMILES string of the molecule is CC1(C)COc2c(-c3ccc[nH]c3=O)cc(NC(=O)c3ccc(NS(C)(=O)=O)cc3)cc21. The van der Waals surface area contributed by atoms with Gasteiger partial charge in [-0.2, -0.15) is 0 Å². The van der Waals surface area contributed by atoms with Gasteiger partial charge in [0.25, 0.3) is 11.5 Å². The molecule has 1 aromatic heterocycles. The van der Waals surface area contributed by atoms with Crippen molar-refractivity contribution in [3.8, 4) is 16.9 Å². The molecule has 1 aliphatic heterocycles. The maximum Gasteiger partial charge on any atom is 0.255 e. The van der Waals surface area contributed by atoms with Crippen molar-refractivity contribution in [3.63, 3.8) is 0 Å². The van der Waals surface area contributed by atoms with E-state index in [1.165, 1.54) is 24.3 Å². The van der Waals surface area contributed by atoms with Gasteiger partial charge in [-0.3, -0.25) is 14.3 Å². The summed E-state index contributed by atoms with van der Waals surface area (Å²) in [4.78, 5) is 27.9. The molecule has 0 saturated heterocycles. The predicted octanol–water partition coefficient (Wildman–Crippen LogP) is 3.34. The Bertz CT molecular complexity index is 1360. The third kappa shape index (κ3) is 4.38. The van der Waals surface area contributed by atoms with Crippen LogP contribution in [-0.4, -0.2) is 32.2 Å². The summed E-state index contributed by atoms with van der Waals surface area (Å²) in [5.41, 5.74) is 2.69. The molecule has 2 aromatic carbocycles. The smallest absolute Gasteiger partial charge is 0.255 e. The fraction of sp³-hybridized carbons (Fsp3) is 0.217. The monoisotopic (exact) mass is 453 g/mol. The van der Waals surface area contributed by atoms with Crippen LogP contribution in [0.4, 0.5) is 11.4 Å². The van der Waals surface area contributed by atoms with Gasteiger partial charge in [-0.15, -0.1) is 0 Å². The predicted molar refractivity (Wildman–Crippen MR) is 124 cm³/mol. The fourth-order valence-electron chi connectivity index (χ4n) is 3.63. The number of fused-ring (bicyclic) bond motifs is 1. The van der Waals surface area contributed by atoms with Gasteiger partial charge in [0.2, 0.25) is 10.0 Å². The number of carbonyl (C=O) groups is 1. The van der Waals surface area contributed by atoms with Gasteiger partial charge in [-0.25, -0.2) is 8.42 Å². The number of sulfonamides is 1. The first-order chi connectivity index (χ1) is 15.0. The van der Waals surface area contributed by atoms with Gasteiger partial charge in [0.05, 0.1) is 18.4 Å². The quantitative estimate of drug-likeness (QED) is 0.548. The van der Waals surface area contributed by atoms with E-state index in [9.17, 15) is 18.0 Å². The minimum absolute atomic E-state index is 0.250. The lowest BCUT2D eigenvalue weighted by molar-refractivity contribution is 0.102. The molecule has 3 N–H and O–H groups in total. The zero-order valence-corrected chi connectivity index (χ0v) is 18.7. The highest BCUT2D eigenvalue weighted by atomic mass is 32.2. The number of hydrogen-bond donors (Lipinski definition) is 3. The Balaban J connectivity index is 1.69. The summed E-state index contributed by atoms with van der Waals surface area (Å²) in [5.74, 6) is 0.279. The van der Waals surface area contributed by atoms with E-state index in [2.05, 4.69) is 15.0 Å². The molecule has 0 unspecified atom stereocenters. The van der Waals surface area contributed by atoms with Crippen molar-refractivity contribution in [2.75, 3.05) is 22.9 Å². The summed E-state index contributed by atoms with van der Waals surface area (Å²) in [7, 11) is -3.40. The van der Waals surface area contributed by atoms with Crippen molar-refractivity contribution in [2.24, 2.45) is 0 Å². The number of rotatable bonds is 5. The first kappa shape index (κ1) is 21.6. The van der Waals surface area contributed by atoms with E-state index in [0.29, 0.717) is 40.4 Å². The number of H-pyrrole nitrogens is 1. The van der Waals surface area contributed by atoms with Gasteiger partial charge >= 0.3 is 0 Å². The number of carbonyl (C=O) groups excluding carboxylic acids is 1. The number of amides is 1. The zero-order chi connectivity index (χ0) is 23.1. The van der Waals surface area contributed by atoms with Crippen molar-refractivity contribution < 1.29 is 17.9 Å². The Kier molecular flexibility index (Phi) is 5.29. The van der Waals surface area contributed by atoms with Gasteiger partial charge < -0.3 is 15.0 Å². The minimum Gasteiger partial charge on any atom is -0.492 e. The summed E-state index contributed by atoms with van der Waals surface area (Å²) in [6.07, 6.45) is 2.62. The maximum absolute atomic E-state index is 12.8. The number of hydrogen-bond acceptors (Lipinski definition) is 5. The number of benzene rings is 2. The van der Waals surface area contributed by atoms with E-state index in [1.807, 2.05) is 19.9 Å². The zero-order valence-electron chi connectivity index (χ0n) is 17.9. The van der Waals surface area contributed by atoms with Crippen LogP contribution in [0.1, 0.15) is 29.8 Å². The van der Waals surface area contributed by atoms with Crippen LogP contribution < -0.4 is 20.3 Å². The number of pyridine rings is 1. The standard InChI is InChI=1S/C23H23N3O5S/c1-23(2)13-31-20-18(17-5-4-10-24-22(17)28)11-16(12-19(20)23)25-21(27)14-6-8-15(9-7-14)26-32(3,29)30/h4-12,26H,13H2,1-3H3,(H,24,28)(H,25,27). The lowest BCUT2D eigenvalue weighted by Gasteiger charge is -2.17. The summed E-state index contributed by atoms with van der Waals surface area (Å²) in [6, 6.07) is 13.1. The van der Waals surface area contributed by atoms with Crippen LogP contribution in [0.5, 0.6) is 5.75 Å². The number of aromatic amines is 1.